The molecule has 134 valence electrons. The van der Waals surface area contributed by atoms with Gasteiger partial charge >= 0.3 is 5.97 Å². The largest absolute Gasteiger partial charge is 0.449 e. The van der Waals surface area contributed by atoms with E-state index in [9.17, 15) is 9.59 Å². The highest BCUT2D eigenvalue weighted by Crippen LogP contribution is 2.38. The summed E-state index contributed by atoms with van der Waals surface area (Å²) in [7, 11) is 0. The summed E-state index contributed by atoms with van der Waals surface area (Å²) in [5, 5.41) is 3.23. The molecular weight excluding hydrogens is 338 g/mol. The predicted octanol–water partition coefficient (Wildman–Crippen LogP) is 3.70. The van der Waals surface area contributed by atoms with Crippen LogP contribution in [0.5, 0.6) is 0 Å². The summed E-state index contributed by atoms with van der Waals surface area (Å²) in [4.78, 5) is 30.0. The summed E-state index contributed by atoms with van der Waals surface area (Å²) >= 11 is 1.41. The number of aryl methyl sites for hydroxylation is 3. The van der Waals surface area contributed by atoms with Gasteiger partial charge in [-0.15, -0.1) is 11.3 Å². The van der Waals surface area contributed by atoms with Gasteiger partial charge in [-0.25, -0.2) is 9.78 Å². The van der Waals surface area contributed by atoms with Crippen LogP contribution in [0.25, 0.3) is 0 Å². The van der Waals surface area contributed by atoms with Crippen molar-refractivity contribution >= 4 is 28.3 Å². The van der Waals surface area contributed by atoms with Gasteiger partial charge in [0.2, 0.25) is 0 Å². The van der Waals surface area contributed by atoms with Crippen LogP contribution in [0.1, 0.15) is 58.1 Å². The molecule has 0 aromatic carbocycles. The van der Waals surface area contributed by atoms with Crippen LogP contribution in [0.4, 0.5) is 5.13 Å². The number of rotatable bonds is 5. The molecule has 0 radical (unpaired) electrons. The van der Waals surface area contributed by atoms with Crippen molar-refractivity contribution in [1.82, 2.24) is 9.55 Å². The second-order valence-electron chi connectivity index (χ2n) is 6.58. The molecule has 3 rings (SSSR count). The van der Waals surface area contributed by atoms with Crippen molar-refractivity contribution in [1.29, 1.82) is 0 Å². The van der Waals surface area contributed by atoms with Gasteiger partial charge in [0.25, 0.3) is 5.91 Å². The molecule has 1 amide bonds. The van der Waals surface area contributed by atoms with Crippen molar-refractivity contribution in [3.8, 4) is 0 Å². The van der Waals surface area contributed by atoms with E-state index in [0.29, 0.717) is 16.7 Å². The standard InChI is InChI=1S/C18H23N3O3S/c1-9-8-15(11(3)21(9)14-6-7-14)17(23)24-12(4)16(22)20-18-19-10(2)13(5)25-18/h8,12,14H,6-7H2,1-5H3,(H,19,20,22). The third-order valence-corrected chi connectivity index (χ3v) is 5.52. The van der Waals surface area contributed by atoms with Gasteiger partial charge in [-0.2, -0.15) is 0 Å². The minimum absolute atomic E-state index is 0.377. The summed E-state index contributed by atoms with van der Waals surface area (Å²) in [5.41, 5.74) is 3.38. The van der Waals surface area contributed by atoms with Gasteiger partial charge in [0.05, 0.1) is 11.3 Å². The molecule has 0 bridgehead atoms. The van der Waals surface area contributed by atoms with Crippen LogP contribution in [0.15, 0.2) is 6.07 Å². The molecule has 1 saturated carbocycles. The van der Waals surface area contributed by atoms with Gasteiger partial charge in [-0.05, 0) is 53.5 Å². The Kier molecular flexibility index (Phi) is 4.69. The van der Waals surface area contributed by atoms with Crippen molar-refractivity contribution in [3.63, 3.8) is 0 Å². The molecule has 2 aromatic heterocycles. The highest BCUT2D eigenvalue weighted by Gasteiger charge is 2.29. The lowest BCUT2D eigenvalue weighted by atomic mass is 10.2. The molecule has 1 aliphatic rings. The Labute approximate surface area is 151 Å². The number of thiazole rings is 1. The molecule has 0 saturated heterocycles. The average Bonchev–Trinajstić information content (AvgIpc) is 3.25. The molecule has 25 heavy (non-hydrogen) atoms. The zero-order valence-corrected chi connectivity index (χ0v) is 16.0. The van der Waals surface area contributed by atoms with Crippen molar-refractivity contribution < 1.29 is 14.3 Å². The number of nitrogens with one attached hydrogen (secondary N) is 1. The normalized spacial score (nSPS) is 15.1. The van der Waals surface area contributed by atoms with Gasteiger partial charge in [-0.3, -0.25) is 10.1 Å². The van der Waals surface area contributed by atoms with E-state index in [1.807, 2.05) is 33.8 Å². The van der Waals surface area contributed by atoms with E-state index in [1.54, 1.807) is 6.92 Å². The first-order valence-electron chi connectivity index (χ1n) is 8.42. The van der Waals surface area contributed by atoms with Crippen LogP contribution in [0.3, 0.4) is 0 Å². The number of aromatic nitrogens is 2. The Morgan fingerprint density at radius 1 is 1.32 bits per heavy atom. The molecule has 2 heterocycles. The molecular formula is C18H23N3O3S. The molecule has 2 aromatic rings. The summed E-state index contributed by atoms with van der Waals surface area (Å²) < 4.78 is 7.55. The van der Waals surface area contributed by atoms with Crippen LogP contribution in [-0.2, 0) is 9.53 Å². The molecule has 1 fully saturated rings. The van der Waals surface area contributed by atoms with Gasteiger partial charge in [0.1, 0.15) is 0 Å². The van der Waals surface area contributed by atoms with Gasteiger partial charge in [-0.1, -0.05) is 0 Å². The number of amides is 1. The fourth-order valence-corrected chi connectivity index (χ4v) is 3.71. The summed E-state index contributed by atoms with van der Waals surface area (Å²) in [6, 6.07) is 2.34. The van der Waals surface area contributed by atoms with E-state index in [4.69, 9.17) is 4.74 Å². The van der Waals surface area contributed by atoms with Crippen molar-refractivity contribution in [2.75, 3.05) is 5.32 Å². The lowest BCUT2D eigenvalue weighted by Crippen LogP contribution is -2.30. The third kappa shape index (κ3) is 3.61. The van der Waals surface area contributed by atoms with E-state index in [1.165, 1.54) is 11.3 Å². The maximum atomic E-state index is 12.5. The van der Waals surface area contributed by atoms with Crippen LogP contribution >= 0.6 is 11.3 Å². The fraction of sp³-hybridized carbons (Fsp3) is 0.500. The molecule has 1 atom stereocenters. The average molecular weight is 361 g/mol. The predicted molar refractivity (Wildman–Crippen MR) is 97.3 cm³/mol. The molecule has 7 heteroatoms. The molecule has 6 nitrogen and oxygen atoms in total. The van der Waals surface area contributed by atoms with Crippen LogP contribution in [-0.4, -0.2) is 27.5 Å². The first-order valence-corrected chi connectivity index (χ1v) is 9.24. The lowest BCUT2D eigenvalue weighted by molar-refractivity contribution is -0.123. The van der Waals surface area contributed by atoms with E-state index in [2.05, 4.69) is 14.9 Å². The molecule has 1 unspecified atom stereocenters. The monoisotopic (exact) mass is 361 g/mol. The Morgan fingerprint density at radius 2 is 2.00 bits per heavy atom. The first kappa shape index (κ1) is 17.7. The Balaban J connectivity index is 1.66. The number of hydrogen-bond donors (Lipinski definition) is 1. The minimum atomic E-state index is -0.888. The topological polar surface area (TPSA) is 73.2 Å². The number of carbonyl (C=O) groups is 2. The number of esters is 1. The van der Waals surface area contributed by atoms with Crippen LogP contribution < -0.4 is 5.32 Å². The van der Waals surface area contributed by atoms with E-state index >= 15 is 0 Å². The maximum Gasteiger partial charge on any atom is 0.340 e. The number of nitrogens with zero attached hydrogens (tertiary/aromatic N) is 2. The quantitative estimate of drug-likeness (QED) is 0.824. The van der Waals surface area contributed by atoms with Crippen molar-refractivity contribution in [2.45, 2.75) is 59.6 Å². The summed E-state index contributed by atoms with van der Waals surface area (Å²) in [6.07, 6.45) is 1.41. The maximum absolute atomic E-state index is 12.5. The molecule has 0 spiro atoms. The molecule has 1 aliphatic carbocycles. The Bertz CT molecular complexity index is 813. The SMILES string of the molecule is Cc1nc(NC(=O)C(C)OC(=O)c2cc(C)n(C3CC3)c2C)sc1C. The smallest absolute Gasteiger partial charge is 0.340 e. The summed E-state index contributed by atoms with van der Waals surface area (Å²) in [6.45, 7) is 9.32. The first-order chi connectivity index (χ1) is 11.8. The third-order valence-electron chi connectivity index (χ3n) is 4.53. The second-order valence-corrected chi connectivity index (χ2v) is 7.79. The number of anilines is 1. The summed E-state index contributed by atoms with van der Waals surface area (Å²) in [5.74, 6) is -0.841. The van der Waals surface area contributed by atoms with Gasteiger partial charge in [0.15, 0.2) is 11.2 Å². The Morgan fingerprint density at radius 3 is 2.56 bits per heavy atom. The molecule has 1 N–H and O–H groups in total. The van der Waals surface area contributed by atoms with Gasteiger partial charge in [0, 0.05) is 22.3 Å². The number of hydrogen-bond acceptors (Lipinski definition) is 5. The van der Waals surface area contributed by atoms with E-state index in [0.717, 1.165) is 34.8 Å². The Hall–Kier alpha value is -2.15. The number of carbonyl (C=O) groups excluding carboxylic acids is 2. The highest BCUT2D eigenvalue weighted by atomic mass is 32.1. The van der Waals surface area contributed by atoms with Crippen molar-refractivity contribution in [3.05, 3.63) is 33.6 Å². The highest BCUT2D eigenvalue weighted by molar-refractivity contribution is 7.15. The zero-order chi connectivity index (χ0) is 18.3. The van der Waals surface area contributed by atoms with Crippen LogP contribution in [0, 0.1) is 27.7 Å². The molecule has 0 aliphatic heterocycles. The van der Waals surface area contributed by atoms with Crippen molar-refractivity contribution in [2.24, 2.45) is 0 Å². The minimum Gasteiger partial charge on any atom is -0.449 e. The van der Waals surface area contributed by atoms with E-state index < -0.39 is 12.1 Å². The second kappa shape index (κ2) is 6.63. The lowest BCUT2D eigenvalue weighted by Gasteiger charge is -2.13. The zero-order valence-electron chi connectivity index (χ0n) is 15.2. The van der Waals surface area contributed by atoms with E-state index in [-0.39, 0.29) is 5.91 Å². The van der Waals surface area contributed by atoms with Crippen LogP contribution in [0.2, 0.25) is 0 Å². The number of ether oxygens (including phenoxy) is 1. The van der Waals surface area contributed by atoms with Gasteiger partial charge < -0.3 is 9.30 Å². The fourth-order valence-electron chi connectivity index (χ4n) is 2.89.